The molecule has 0 fully saturated rings. The molecular weight excluding hydrogens is 240 g/mol. The van der Waals surface area contributed by atoms with Gasteiger partial charge in [-0.3, -0.25) is 9.89 Å². The standard InChI is InChI=1S/C11H11ClN4O/c1-6-2-3-8(12)9(4-6)15-11(17)7-5-14-16-10(7)13/h2-5H,1H3,(H,15,17)(H3,13,14,16). The highest BCUT2D eigenvalue weighted by molar-refractivity contribution is 6.34. The molecule has 5 nitrogen and oxygen atoms in total. The molecule has 0 aliphatic carbocycles. The number of halogens is 1. The van der Waals surface area contributed by atoms with E-state index >= 15 is 0 Å². The van der Waals surface area contributed by atoms with Crippen LogP contribution >= 0.6 is 11.6 Å². The topological polar surface area (TPSA) is 83.8 Å². The number of nitrogens with zero attached hydrogens (tertiary/aromatic N) is 1. The van der Waals surface area contributed by atoms with Crippen molar-refractivity contribution in [1.29, 1.82) is 0 Å². The van der Waals surface area contributed by atoms with Gasteiger partial charge in [0, 0.05) is 0 Å². The maximum absolute atomic E-state index is 11.8. The van der Waals surface area contributed by atoms with Gasteiger partial charge in [-0.15, -0.1) is 0 Å². The number of anilines is 2. The lowest BCUT2D eigenvalue weighted by Gasteiger charge is -2.07. The van der Waals surface area contributed by atoms with Crippen molar-refractivity contribution >= 4 is 29.0 Å². The highest BCUT2D eigenvalue weighted by Gasteiger charge is 2.13. The van der Waals surface area contributed by atoms with Crippen LogP contribution < -0.4 is 11.1 Å². The molecule has 0 aliphatic rings. The summed E-state index contributed by atoms with van der Waals surface area (Å²) in [7, 11) is 0. The number of nitrogens with one attached hydrogen (secondary N) is 2. The van der Waals surface area contributed by atoms with E-state index in [9.17, 15) is 4.79 Å². The Morgan fingerprint density at radius 2 is 2.29 bits per heavy atom. The molecule has 2 rings (SSSR count). The number of amides is 1. The SMILES string of the molecule is Cc1ccc(Cl)c(NC(=O)c2cn[nH]c2N)c1. The number of hydrogen-bond acceptors (Lipinski definition) is 3. The van der Waals surface area contributed by atoms with Crippen LogP contribution in [0.15, 0.2) is 24.4 Å². The summed E-state index contributed by atoms with van der Waals surface area (Å²) in [4.78, 5) is 11.8. The molecule has 17 heavy (non-hydrogen) atoms. The highest BCUT2D eigenvalue weighted by atomic mass is 35.5. The number of hydrogen-bond donors (Lipinski definition) is 3. The fourth-order valence-corrected chi connectivity index (χ4v) is 1.57. The van der Waals surface area contributed by atoms with Crippen LogP contribution in [0.2, 0.25) is 5.02 Å². The van der Waals surface area contributed by atoms with E-state index in [1.807, 2.05) is 13.0 Å². The predicted molar refractivity (Wildman–Crippen MR) is 67.1 cm³/mol. The summed E-state index contributed by atoms with van der Waals surface area (Å²) in [6, 6.07) is 5.38. The number of benzene rings is 1. The maximum Gasteiger partial charge on any atom is 0.261 e. The molecule has 0 unspecified atom stereocenters. The number of aromatic amines is 1. The number of aromatic nitrogens is 2. The Balaban J connectivity index is 2.24. The lowest BCUT2D eigenvalue weighted by molar-refractivity contribution is 0.102. The third kappa shape index (κ3) is 2.39. The average molecular weight is 251 g/mol. The Hall–Kier alpha value is -2.01. The van der Waals surface area contributed by atoms with Gasteiger partial charge in [-0.1, -0.05) is 17.7 Å². The van der Waals surface area contributed by atoms with Crippen molar-refractivity contribution in [2.24, 2.45) is 0 Å². The van der Waals surface area contributed by atoms with E-state index in [0.29, 0.717) is 16.3 Å². The van der Waals surface area contributed by atoms with E-state index in [1.165, 1.54) is 6.20 Å². The summed E-state index contributed by atoms with van der Waals surface area (Å²) >= 11 is 5.97. The fourth-order valence-electron chi connectivity index (χ4n) is 1.40. The number of nitrogen functional groups attached to an aromatic ring is 1. The van der Waals surface area contributed by atoms with Gasteiger partial charge in [0.1, 0.15) is 11.4 Å². The van der Waals surface area contributed by atoms with E-state index in [2.05, 4.69) is 15.5 Å². The number of carbonyl (C=O) groups is 1. The second-order valence-corrected chi connectivity index (χ2v) is 4.04. The molecule has 1 amide bonds. The van der Waals surface area contributed by atoms with Gasteiger partial charge in [-0.2, -0.15) is 5.10 Å². The largest absolute Gasteiger partial charge is 0.383 e. The van der Waals surface area contributed by atoms with Gasteiger partial charge in [-0.05, 0) is 24.6 Å². The van der Waals surface area contributed by atoms with E-state index in [4.69, 9.17) is 17.3 Å². The van der Waals surface area contributed by atoms with Crippen molar-refractivity contribution in [1.82, 2.24) is 10.2 Å². The summed E-state index contributed by atoms with van der Waals surface area (Å²) in [6.07, 6.45) is 1.37. The van der Waals surface area contributed by atoms with Crippen molar-refractivity contribution in [2.75, 3.05) is 11.1 Å². The number of carbonyl (C=O) groups excluding carboxylic acids is 1. The van der Waals surface area contributed by atoms with Gasteiger partial charge >= 0.3 is 0 Å². The summed E-state index contributed by atoms with van der Waals surface area (Å²) in [5, 5.41) is 9.34. The summed E-state index contributed by atoms with van der Waals surface area (Å²) < 4.78 is 0. The fraction of sp³-hybridized carbons (Fsp3) is 0.0909. The smallest absolute Gasteiger partial charge is 0.261 e. The van der Waals surface area contributed by atoms with Gasteiger partial charge in [-0.25, -0.2) is 0 Å². The second kappa shape index (κ2) is 4.47. The van der Waals surface area contributed by atoms with Crippen LogP contribution in [0.3, 0.4) is 0 Å². The Labute approximate surface area is 103 Å². The van der Waals surface area contributed by atoms with E-state index < -0.39 is 0 Å². The third-order valence-electron chi connectivity index (χ3n) is 2.28. The molecule has 0 spiro atoms. The minimum atomic E-state index is -0.344. The first-order valence-corrected chi connectivity index (χ1v) is 5.32. The molecule has 2 aromatic rings. The summed E-state index contributed by atoms with van der Waals surface area (Å²) in [5.41, 5.74) is 7.40. The maximum atomic E-state index is 11.8. The Kier molecular flexibility index (Phi) is 3.01. The van der Waals surface area contributed by atoms with Crippen LogP contribution in [0.5, 0.6) is 0 Å². The molecule has 0 atom stereocenters. The number of aryl methyl sites for hydroxylation is 1. The summed E-state index contributed by atoms with van der Waals surface area (Å²) in [5.74, 6) is -0.116. The molecule has 0 saturated carbocycles. The molecule has 6 heteroatoms. The van der Waals surface area contributed by atoms with Crippen molar-refractivity contribution in [3.63, 3.8) is 0 Å². The Bertz CT molecular complexity index is 564. The van der Waals surface area contributed by atoms with E-state index in [1.54, 1.807) is 12.1 Å². The van der Waals surface area contributed by atoms with Crippen LogP contribution in [0.25, 0.3) is 0 Å². The molecule has 1 aromatic heterocycles. The molecule has 88 valence electrons. The zero-order valence-corrected chi connectivity index (χ0v) is 9.88. The molecule has 0 aliphatic heterocycles. The molecule has 0 saturated heterocycles. The average Bonchev–Trinajstić information content (AvgIpc) is 2.70. The molecule has 1 aromatic carbocycles. The highest BCUT2D eigenvalue weighted by Crippen LogP contribution is 2.23. The molecule has 4 N–H and O–H groups in total. The lowest BCUT2D eigenvalue weighted by atomic mass is 10.2. The van der Waals surface area contributed by atoms with Crippen LogP contribution in [0.1, 0.15) is 15.9 Å². The molecule has 1 heterocycles. The van der Waals surface area contributed by atoms with E-state index in [-0.39, 0.29) is 11.7 Å². The first kappa shape index (κ1) is 11.5. The van der Waals surface area contributed by atoms with Crippen LogP contribution in [0, 0.1) is 6.92 Å². The Morgan fingerprint density at radius 1 is 1.53 bits per heavy atom. The van der Waals surface area contributed by atoms with Gasteiger partial charge in [0.15, 0.2) is 0 Å². The van der Waals surface area contributed by atoms with Crippen LogP contribution in [-0.4, -0.2) is 16.1 Å². The number of H-pyrrole nitrogens is 1. The van der Waals surface area contributed by atoms with Crippen LogP contribution in [0.4, 0.5) is 11.5 Å². The van der Waals surface area contributed by atoms with Crippen molar-refractivity contribution < 1.29 is 4.79 Å². The monoisotopic (exact) mass is 250 g/mol. The zero-order chi connectivity index (χ0) is 12.4. The van der Waals surface area contributed by atoms with Gasteiger partial charge in [0.05, 0.1) is 16.9 Å². The number of nitrogens with two attached hydrogens (primary N) is 1. The molecule has 0 radical (unpaired) electrons. The Morgan fingerprint density at radius 3 is 2.94 bits per heavy atom. The zero-order valence-electron chi connectivity index (χ0n) is 9.12. The van der Waals surface area contributed by atoms with Crippen LogP contribution in [-0.2, 0) is 0 Å². The van der Waals surface area contributed by atoms with E-state index in [0.717, 1.165) is 5.56 Å². The minimum absolute atomic E-state index is 0.228. The first-order valence-electron chi connectivity index (χ1n) is 4.94. The summed E-state index contributed by atoms with van der Waals surface area (Å²) in [6.45, 7) is 1.91. The third-order valence-corrected chi connectivity index (χ3v) is 2.61. The van der Waals surface area contributed by atoms with Gasteiger partial charge in [0.25, 0.3) is 5.91 Å². The normalized spacial score (nSPS) is 10.2. The minimum Gasteiger partial charge on any atom is -0.383 e. The number of rotatable bonds is 2. The van der Waals surface area contributed by atoms with Gasteiger partial charge < -0.3 is 11.1 Å². The molecule has 0 bridgehead atoms. The van der Waals surface area contributed by atoms with Gasteiger partial charge in [0.2, 0.25) is 0 Å². The van der Waals surface area contributed by atoms with Crippen molar-refractivity contribution in [3.05, 3.63) is 40.5 Å². The van der Waals surface area contributed by atoms with Crippen molar-refractivity contribution in [2.45, 2.75) is 6.92 Å². The predicted octanol–water partition coefficient (Wildman–Crippen LogP) is 2.21. The van der Waals surface area contributed by atoms with Crippen molar-refractivity contribution in [3.8, 4) is 0 Å². The molecular formula is C11H11ClN4O. The first-order chi connectivity index (χ1) is 8.08. The second-order valence-electron chi connectivity index (χ2n) is 3.63. The quantitative estimate of drug-likeness (QED) is 0.764. The lowest BCUT2D eigenvalue weighted by Crippen LogP contribution is -2.13.